The Balaban J connectivity index is 1.83. The molecule has 3 heterocycles. The minimum atomic E-state index is -0.938. The standard InChI is InChI=1S/C14H17N3O3/c1-9-6-10(14(19)20)7-12(15-9)16-4-5-17-11(8-16)2-3-13(17)18/h6-7,11H,2-5,8H2,1H3,(H,19,20). The van der Waals surface area contributed by atoms with Crippen molar-refractivity contribution < 1.29 is 14.7 Å². The number of carboxylic acid groups (broad SMARTS) is 1. The van der Waals surface area contributed by atoms with Crippen molar-refractivity contribution in [2.75, 3.05) is 24.5 Å². The van der Waals surface area contributed by atoms with Crippen molar-refractivity contribution in [3.05, 3.63) is 23.4 Å². The van der Waals surface area contributed by atoms with Gasteiger partial charge in [0.05, 0.1) is 5.56 Å². The molecule has 0 saturated carbocycles. The van der Waals surface area contributed by atoms with Crippen molar-refractivity contribution in [2.24, 2.45) is 0 Å². The van der Waals surface area contributed by atoms with E-state index in [-0.39, 0.29) is 17.5 Å². The third-order valence-corrected chi connectivity index (χ3v) is 4.01. The molecule has 2 aliphatic heterocycles. The summed E-state index contributed by atoms with van der Waals surface area (Å²) in [5, 5.41) is 9.12. The van der Waals surface area contributed by atoms with Gasteiger partial charge < -0.3 is 14.9 Å². The molecule has 0 aliphatic carbocycles. The number of aryl methyl sites for hydroxylation is 1. The highest BCUT2D eigenvalue weighted by Crippen LogP contribution is 2.26. The van der Waals surface area contributed by atoms with Gasteiger partial charge in [0.2, 0.25) is 5.91 Å². The molecule has 1 N–H and O–H groups in total. The first-order valence-electron chi connectivity index (χ1n) is 6.81. The molecular formula is C14H17N3O3. The van der Waals surface area contributed by atoms with Crippen LogP contribution in [0.15, 0.2) is 12.1 Å². The van der Waals surface area contributed by atoms with Crippen LogP contribution in [0.1, 0.15) is 28.9 Å². The van der Waals surface area contributed by atoms with Gasteiger partial charge in [0, 0.05) is 37.8 Å². The van der Waals surface area contributed by atoms with Crippen LogP contribution in [-0.4, -0.2) is 52.5 Å². The van der Waals surface area contributed by atoms with Gasteiger partial charge in [-0.2, -0.15) is 0 Å². The largest absolute Gasteiger partial charge is 0.478 e. The van der Waals surface area contributed by atoms with Crippen LogP contribution in [0.3, 0.4) is 0 Å². The molecule has 6 nitrogen and oxygen atoms in total. The molecule has 0 spiro atoms. The van der Waals surface area contributed by atoms with E-state index in [1.807, 2.05) is 4.90 Å². The fourth-order valence-electron chi connectivity index (χ4n) is 3.01. The predicted molar refractivity (Wildman–Crippen MR) is 72.9 cm³/mol. The zero-order chi connectivity index (χ0) is 14.3. The quantitative estimate of drug-likeness (QED) is 0.868. The molecule has 1 atom stereocenters. The fourth-order valence-corrected chi connectivity index (χ4v) is 3.01. The summed E-state index contributed by atoms with van der Waals surface area (Å²) < 4.78 is 0. The monoisotopic (exact) mass is 275 g/mol. The first-order valence-corrected chi connectivity index (χ1v) is 6.81. The highest BCUT2D eigenvalue weighted by atomic mass is 16.4. The summed E-state index contributed by atoms with van der Waals surface area (Å²) in [5.74, 6) is -0.00842. The Labute approximate surface area is 117 Å². The van der Waals surface area contributed by atoms with Gasteiger partial charge in [0.25, 0.3) is 0 Å². The number of anilines is 1. The van der Waals surface area contributed by atoms with Crippen LogP contribution in [0.4, 0.5) is 5.82 Å². The van der Waals surface area contributed by atoms with Crippen molar-refractivity contribution in [1.29, 1.82) is 0 Å². The third-order valence-electron chi connectivity index (χ3n) is 4.01. The van der Waals surface area contributed by atoms with E-state index in [2.05, 4.69) is 9.88 Å². The number of aromatic carboxylic acids is 1. The van der Waals surface area contributed by atoms with E-state index in [1.165, 1.54) is 0 Å². The van der Waals surface area contributed by atoms with Gasteiger partial charge in [-0.1, -0.05) is 0 Å². The van der Waals surface area contributed by atoms with Crippen molar-refractivity contribution >= 4 is 17.7 Å². The van der Waals surface area contributed by atoms with E-state index >= 15 is 0 Å². The number of hydrogen-bond donors (Lipinski definition) is 1. The van der Waals surface area contributed by atoms with Crippen LogP contribution >= 0.6 is 0 Å². The summed E-state index contributed by atoms with van der Waals surface area (Å²) in [5.41, 5.74) is 0.960. The lowest BCUT2D eigenvalue weighted by atomic mass is 10.1. The van der Waals surface area contributed by atoms with E-state index in [0.29, 0.717) is 31.0 Å². The van der Waals surface area contributed by atoms with E-state index < -0.39 is 5.97 Å². The number of hydrogen-bond acceptors (Lipinski definition) is 4. The minimum Gasteiger partial charge on any atom is -0.478 e. The van der Waals surface area contributed by atoms with Gasteiger partial charge in [-0.15, -0.1) is 0 Å². The van der Waals surface area contributed by atoms with Crippen LogP contribution in [0.2, 0.25) is 0 Å². The molecule has 2 aliphatic rings. The second-order valence-corrected chi connectivity index (χ2v) is 5.39. The van der Waals surface area contributed by atoms with E-state index in [9.17, 15) is 9.59 Å². The second kappa shape index (κ2) is 4.77. The Bertz CT molecular complexity index is 573. The highest BCUT2D eigenvalue weighted by molar-refractivity contribution is 5.88. The third kappa shape index (κ3) is 2.21. The van der Waals surface area contributed by atoms with Crippen LogP contribution in [0, 0.1) is 6.92 Å². The maximum Gasteiger partial charge on any atom is 0.335 e. The normalized spacial score (nSPS) is 22.1. The molecule has 1 aromatic rings. The Kier molecular flexibility index (Phi) is 3.08. The molecule has 2 fully saturated rings. The zero-order valence-corrected chi connectivity index (χ0v) is 11.4. The molecule has 1 amide bonds. The van der Waals surface area contributed by atoms with Gasteiger partial charge in [-0.25, -0.2) is 9.78 Å². The number of carbonyl (C=O) groups is 2. The number of carboxylic acids is 1. The van der Waals surface area contributed by atoms with Gasteiger partial charge >= 0.3 is 5.97 Å². The van der Waals surface area contributed by atoms with Crippen molar-refractivity contribution in [2.45, 2.75) is 25.8 Å². The van der Waals surface area contributed by atoms with E-state index in [4.69, 9.17) is 5.11 Å². The molecular weight excluding hydrogens is 258 g/mol. The van der Waals surface area contributed by atoms with Crippen LogP contribution < -0.4 is 4.90 Å². The summed E-state index contributed by atoms with van der Waals surface area (Å²) in [6.07, 6.45) is 1.51. The maximum absolute atomic E-state index is 11.7. The average molecular weight is 275 g/mol. The SMILES string of the molecule is Cc1cc(C(=O)O)cc(N2CCN3C(=O)CCC3C2)n1. The van der Waals surface area contributed by atoms with Gasteiger partial charge in [-0.3, -0.25) is 4.79 Å². The fraction of sp³-hybridized carbons (Fsp3) is 0.500. The second-order valence-electron chi connectivity index (χ2n) is 5.39. The van der Waals surface area contributed by atoms with Gasteiger partial charge in [0.1, 0.15) is 5.82 Å². The number of aromatic nitrogens is 1. The lowest BCUT2D eigenvalue weighted by Gasteiger charge is -2.38. The Morgan fingerprint density at radius 3 is 2.95 bits per heavy atom. The minimum absolute atomic E-state index is 0.234. The lowest BCUT2D eigenvalue weighted by Crippen LogP contribution is -2.51. The average Bonchev–Trinajstić information content (AvgIpc) is 2.79. The number of nitrogens with zero attached hydrogens (tertiary/aromatic N) is 3. The lowest BCUT2D eigenvalue weighted by molar-refractivity contribution is -0.129. The number of carbonyl (C=O) groups excluding carboxylic acids is 1. The van der Waals surface area contributed by atoms with Crippen molar-refractivity contribution in [3.63, 3.8) is 0 Å². The van der Waals surface area contributed by atoms with Crippen molar-refractivity contribution in [3.8, 4) is 0 Å². The summed E-state index contributed by atoms with van der Waals surface area (Å²) in [6, 6.07) is 3.43. The van der Waals surface area contributed by atoms with Crippen LogP contribution in [0.5, 0.6) is 0 Å². The molecule has 20 heavy (non-hydrogen) atoms. The Morgan fingerprint density at radius 1 is 1.40 bits per heavy atom. The molecule has 1 unspecified atom stereocenters. The smallest absolute Gasteiger partial charge is 0.335 e. The topological polar surface area (TPSA) is 73.7 Å². The number of pyridine rings is 1. The number of amides is 1. The van der Waals surface area contributed by atoms with Gasteiger partial charge in [-0.05, 0) is 25.5 Å². The zero-order valence-electron chi connectivity index (χ0n) is 11.4. The van der Waals surface area contributed by atoms with Gasteiger partial charge in [0.15, 0.2) is 0 Å². The first-order chi connectivity index (χ1) is 9.54. The summed E-state index contributed by atoms with van der Waals surface area (Å²) in [7, 11) is 0. The van der Waals surface area contributed by atoms with Crippen molar-refractivity contribution in [1.82, 2.24) is 9.88 Å². The number of piperazine rings is 1. The molecule has 106 valence electrons. The first kappa shape index (κ1) is 12.9. The molecule has 3 rings (SSSR count). The molecule has 0 radical (unpaired) electrons. The van der Waals surface area contributed by atoms with Crippen LogP contribution in [-0.2, 0) is 4.79 Å². The molecule has 0 aromatic carbocycles. The number of rotatable bonds is 2. The maximum atomic E-state index is 11.7. The Morgan fingerprint density at radius 2 is 2.20 bits per heavy atom. The summed E-state index contributed by atoms with van der Waals surface area (Å²) in [6.45, 7) is 3.94. The summed E-state index contributed by atoms with van der Waals surface area (Å²) in [4.78, 5) is 31.2. The predicted octanol–water partition coefficient (Wildman–Crippen LogP) is 0.899. The molecule has 1 aromatic heterocycles. The molecule has 2 saturated heterocycles. The molecule has 0 bridgehead atoms. The van der Waals surface area contributed by atoms with Crippen LogP contribution in [0.25, 0.3) is 0 Å². The summed E-state index contributed by atoms with van der Waals surface area (Å²) >= 11 is 0. The van der Waals surface area contributed by atoms with E-state index in [0.717, 1.165) is 13.0 Å². The molecule has 6 heteroatoms. The highest BCUT2D eigenvalue weighted by Gasteiger charge is 2.35. The number of fused-ring (bicyclic) bond motifs is 1. The van der Waals surface area contributed by atoms with E-state index in [1.54, 1.807) is 19.1 Å². The Hall–Kier alpha value is -2.11.